The predicted octanol–water partition coefficient (Wildman–Crippen LogP) is 10.1. The Hall–Kier alpha value is -7.21. The van der Waals surface area contributed by atoms with Crippen LogP contribution in [-0.4, -0.2) is 15.0 Å². The molecule has 51 heavy (non-hydrogen) atoms. The number of hydrogen-bond acceptors (Lipinski definition) is 5. The van der Waals surface area contributed by atoms with E-state index in [1.54, 1.807) is 0 Å². The molecule has 0 saturated carbocycles. The van der Waals surface area contributed by atoms with E-state index in [9.17, 15) is 10.5 Å². The Morgan fingerprint density at radius 2 is 0.961 bits per heavy atom. The maximum Gasteiger partial charge on any atom is 0.164 e. The normalized spacial score (nSPS) is 14.3. The third-order valence-electron chi connectivity index (χ3n) is 9.81. The first kappa shape index (κ1) is 29.9. The highest BCUT2D eigenvalue weighted by molar-refractivity contribution is 5.97. The van der Waals surface area contributed by atoms with Crippen molar-refractivity contribution in [1.82, 2.24) is 15.0 Å². The monoisotopic (exact) mass is 649 g/mol. The lowest BCUT2D eigenvalue weighted by molar-refractivity contribution is 0.768. The molecule has 5 nitrogen and oxygen atoms in total. The van der Waals surface area contributed by atoms with Crippen molar-refractivity contribution in [1.29, 1.82) is 10.5 Å². The molecule has 1 atom stereocenters. The van der Waals surface area contributed by atoms with Gasteiger partial charge >= 0.3 is 0 Å². The predicted molar refractivity (Wildman–Crippen MR) is 200 cm³/mol. The van der Waals surface area contributed by atoms with E-state index in [-0.39, 0.29) is 0 Å². The molecule has 1 aromatic heterocycles. The molecule has 7 aromatic carbocycles. The van der Waals surface area contributed by atoms with Crippen LogP contribution in [0.15, 0.2) is 164 Å². The van der Waals surface area contributed by atoms with Gasteiger partial charge in [-0.15, -0.1) is 0 Å². The third-order valence-corrected chi connectivity index (χ3v) is 9.81. The van der Waals surface area contributed by atoms with Crippen molar-refractivity contribution < 1.29 is 0 Å². The number of benzene rings is 7. The third kappa shape index (κ3) is 4.88. The van der Waals surface area contributed by atoms with E-state index in [1.807, 2.05) is 109 Å². The largest absolute Gasteiger partial charge is 0.208 e. The lowest BCUT2D eigenvalue weighted by Crippen LogP contribution is -2.28. The van der Waals surface area contributed by atoms with Gasteiger partial charge in [0.05, 0.1) is 28.7 Å². The maximum absolute atomic E-state index is 10.0. The smallest absolute Gasteiger partial charge is 0.164 e. The van der Waals surface area contributed by atoms with Gasteiger partial charge in [-0.05, 0) is 86.6 Å². The van der Waals surface area contributed by atoms with Gasteiger partial charge in [-0.2, -0.15) is 10.5 Å². The van der Waals surface area contributed by atoms with Gasteiger partial charge in [0.25, 0.3) is 0 Å². The summed E-state index contributed by atoms with van der Waals surface area (Å²) in [6.07, 6.45) is 0. The highest BCUT2D eigenvalue weighted by atomic mass is 15.0. The van der Waals surface area contributed by atoms with Crippen LogP contribution in [0.4, 0.5) is 0 Å². The molecule has 236 valence electrons. The molecule has 0 saturated heterocycles. The Morgan fingerprint density at radius 3 is 1.61 bits per heavy atom. The summed E-state index contributed by atoms with van der Waals surface area (Å²) in [4.78, 5) is 14.9. The molecule has 0 bridgehead atoms. The van der Waals surface area contributed by atoms with Crippen molar-refractivity contribution in [2.24, 2.45) is 0 Å². The number of fused-ring (bicyclic) bond motifs is 4. The molecule has 8 aromatic rings. The van der Waals surface area contributed by atoms with Crippen LogP contribution in [-0.2, 0) is 5.41 Å². The molecule has 1 unspecified atom stereocenters. The van der Waals surface area contributed by atoms with Gasteiger partial charge in [-0.1, -0.05) is 121 Å². The lowest BCUT2D eigenvalue weighted by atomic mass is 9.67. The summed E-state index contributed by atoms with van der Waals surface area (Å²) in [6, 6.07) is 59.7. The summed E-state index contributed by atoms with van der Waals surface area (Å²) in [6.45, 7) is 0. The molecule has 0 fully saturated rings. The van der Waals surface area contributed by atoms with Crippen LogP contribution in [0, 0.1) is 22.7 Å². The zero-order valence-corrected chi connectivity index (χ0v) is 27.3. The lowest BCUT2D eigenvalue weighted by Gasteiger charge is -2.34. The number of rotatable bonds is 5. The van der Waals surface area contributed by atoms with Crippen LogP contribution < -0.4 is 0 Å². The van der Waals surface area contributed by atoms with Gasteiger partial charge in [-0.3, -0.25) is 0 Å². The first-order valence-corrected chi connectivity index (χ1v) is 16.7. The van der Waals surface area contributed by atoms with Crippen LogP contribution in [0.3, 0.4) is 0 Å². The molecule has 1 heterocycles. The number of nitrogens with zero attached hydrogens (tertiary/aromatic N) is 5. The quantitative estimate of drug-likeness (QED) is 0.185. The number of hydrogen-bond donors (Lipinski definition) is 0. The van der Waals surface area contributed by atoms with E-state index in [0.717, 1.165) is 60.8 Å². The van der Waals surface area contributed by atoms with Crippen LogP contribution in [0.25, 0.3) is 56.1 Å². The second-order valence-corrected chi connectivity index (χ2v) is 12.7. The minimum atomic E-state index is -0.774. The Morgan fingerprint density at radius 1 is 0.392 bits per heavy atom. The van der Waals surface area contributed by atoms with Gasteiger partial charge in [-0.25, -0.2) is 15.0 Å². The second-order valence-electron chi connectivity index (χ2n) is 12.7. The molecule has 5 heteroatoms. The van der Waals surface area contributed by atoms with Crippen molar-refractivity contribution in [2.75, 3.05) is 0 Å². The highest BCUT2D eigenvalue weighted by Crippen LogP contribution is 2.57. The molecule has 0 aliphatic heterocycles. The van der Waals surface area contributed by atoms with Crippen molar-refractivity contribution in [2.45, 2.75) is 5.41 Å². The number of nitriles is 2. The molecule has 0 radical (unpaired) electrons. The molecule has 1 aliphatic rings. The van der Waals surface area contributed by atoms with Gasteiger partial charge in [0.1, 0.15) is 0 Å². The minimum Gasteiger partial charge on any atom is -0.208 e. The first-order chi connectivity index (χ1) is 25.1. The topological polar surface area (TPSA) is 86.2 Å². The molecular formula is C46H27N5. The van der Waals surface area contributed by atoms with E-state index < -0.39 is 5.41 Å². The number of aromatic nitrogens is 3. The summed E-state index contributed by atoms with van der Waals surface area (Å²) in [7, 11) is 0. The summed E-state index contributed by atoms with van der Waals surface area (Å²) in [5.41, 5.74) is 9.39. The molecule has 9 rings (SSSR count). The van der Waals surface area contributed by atoms with Crippen LogP contribution in [0.1, 0.15) is 33.4 Å². The van der Waals surface area contributed by atoms with E-state index in [2.05, 4.69) is 66.7 Å². The fourth-order valence-corrected chi connectivity index (χ4v) is 7.51. The summed E-state index contributed by atoms with van der Waals surface area (Å²) in [5, 5.41) is 22.1. The molecule has 0 amide bonds. The zero-order chi connectivity index (χ0) is 34.4. The average molecular weight is 650 g/mol. The summed E-state index contributed by atoms with van der Waals surface area (Å²) >= 11 is 0. The Balaban J connectivity index is 1.31. The van der Waals surface area contributed by atoms with Gasteiger partial charge in [0, 0.05) is 16.7 Å². The SMILES string of the molecule is N#Cc1cccc(C2(c3ccccc3)c3cc(C#N)ccc3-c3cc4ccc(-c5nc(-c6ccccc6)nc(-c6ccccc6)n5)cc4cc32)c1. The van der Waals surface area contributed by atoms with Crippen molar-refractivity contribution in [3.63, 3.8) is 0 Å². The van der Waals surface area contributed by atoms with Gasteiger partial charge in [0.15, 0.2) is 17.5 Å². The summed E-state index contributed by atoms with van der Waals surface area (Å²) < 4.78 is 0. The fraction of sp³-hybridized carbons (Fsp3) is 0.0217. The Labute approximate surface area is 295 Å². The zero-order valence-electron chi connectivity index (χ0n) is 27.3. The van der Waals surface area contributed by atoms with E-state index in [1.165, 1.54) is 0 Å². The van der Waals surface area contributed by atoms with Crippen molar-refractivity contribution in [3.8, 4) is 57.4 Å². The maximum atomic E-state index is 10.0. The van der Waals surface area contributed by atoms with E-state index >= 15 is 0 Å². The van der Waals surface area contributed by atoms with Gasteiger partial charge in [0.2, 0.25) is 0 Å². The van der Waals surface area contributed by atoms with Crippen LogP contribution >= 0.6 is 0 Å². The Kier molecular flexibility index (Phi) is 7.06. The van der Waals surface area contributed by atoms with Crippen molar-refractivity contribution in [3.05, 3.63) is 197 Å². The molecule has 0 spiro atoms. The molecular weight excluding hydrogens is 623 g/mol. The van der Waals surface area contributed by atoms with E-state index in [0.29, 0.717) is 28.6 Å². The minimum absolute atomic E-state index is 0.579. The molecule has 0 N–H and O–H groups in total. The standard InChI is InChI=1S/C46H27N5/c47-28-30-11-10-18-38(23-30)46(37-16-8-3-9-17-37)41-24-31(29-48)19-22-39(41)40-26-34-20-21-35(25-36(34)27-42(40)46)45-50-43(32-12-4-1-5-13-32)49-44(51-45)33-14-6-2-7-15-33/h1-27H. The average Bonchev–Trinajstić information content (AvgIpc) is 3.49. The summed E-state index contributed by atoms with van der Waals surface area (Å²) in [5.74, 6) is 1.80. The highest BCUT2D eigenvalue weighted by Gasteiger charge is 2.46. The van der Waals surface area contributed by atoms with Gasteiger partial charge < -0.3 is 0 Å². The van der Waals surface area contributed by atoms with Crippen LogP contribution in [0.2, 0.25) is 0 Å². The molecule has 1 aliphatic carbocycles. The fourth-order valence-electron chi connectivity index (χ4n) is 7.51. The second kappa shape index (κ2) is 12.0. The first-order valence-electron chi connectivity index (χ1n) is 16.7. The van der Waals surface area contributed by atoms with Crippen molar-refractivity contribution >= 4 is 10.8 Å². The van der Waals surface area contributed by atoms with E-state index in [4.69, 9.17) is 15.0 Å². The Bertz CT molecular complexity index is 2650. The van der Waals surface area contributed by atoms with Crippen LogP contribution in [0.5, 0.6) is 0 Å².